The fourth-order valence-corrected chi connectivity index (χ4v) is 4.19. The molecule has 2 aromatic rings. The zero-order valence-corrected chi connectivity index (χ0v) is 18.9. The van der Waals surface area contributed by atoms with Gasteiger partial charge >= 0.3 is 0 Å². The second-order valence-electron chi connectivity index (χ2n) is 8.47. The zero-order valence-electron chi connectivity index (χ0n) is 18.9. The van der Waals surface area contributed by atoms with Gasteiger partial charge in [-0.3, -0.25) is 9.59 Å². The van der Waals surface area contributed by atoms with Gasteiger partial charge in [0.25, 0.3) is 5.91 Å². The van der Waals surface area contributed by atoms with E-state index in [0.717, 1.165) is 42.4 Å². The smallest absolute Gasteiger partial charge is 0.261 e. The Hall–Kier alpha value is -2.82. The van der Waals surface area contributed by atoms with Crippen LogP contribution in [-0.4, -0.2) is 35.4 Å². The second-order valence-corrected chi connectivity index (χ2v) is 8.47. The molecule has 1 saturated carbocycles. The number of hydrogen-bond donors (Lipinski definition) is 1. The molecular weight excluding hydrogens is 388 g/mol. The topological polar surface area (TPSA) is 58.6 Å². The summed E-state index contributed by atoms with van der Waals surface area (Å²) in [6.07, 6.45) is 4.89. The molecule has 0 bridgehead atoms. The Labute approximate surface area is 185 Å². The minimum atomic E-state index is -0.520. The number of nitrogens with one attached hydrogen (secondary N) is 1. The Kier molecular flexibility index (Phi) is 8.10. The lowest BCUT2D eigenvalue weighted by Gasteiger charge is -2.32. The number of carbonyl (C=O) groups is 2. The van der Waals surface area contributed by atoms with E-state index in [9.17, 15) is 9.59 Å². The van der Waals surface area contributed by atoms with Crippen LogP contribution in [0, 0.1) is 13.8 Å². The van der Waals surface area contributed by atoms with Crippen molar-refractivity contribution in [2.75, 3.05) is 6.61 Å². The molecule has 1 unspecified atom stereocenters. The maximum atomic E-state index is 13.3. The number of amides is 2. The van der Waals surface area contributed by atoms with Crippen LogP contribution in [0.5, 0.6) is 5.75 Å². The highest BCUT2D eigenvalue weighted by Gasteiger charge is 2.31. The molecule has 2 amide bonds. The standard InChI is InChI=1S/C26H34N2O3/c1-4-24(26(30)27-22-13-7-8-14-22)28(17-21-12-6-5-11-20(21)3)25(29)18-31-23-15-9-10-19(2)16-23/h5-6,9-12,15-16,22,24H,4,7-8,13-14,17-18H2,1-3H3,(H,27,30). The van der Waals surface area contributed by atoms with Gasteiger partial charge in [0.05, 0.1) is 0 Å². The number of hydrogen-bond acceptors (Lipinski definition) is 3. The van der Waals surface area contributed by atoms with E-state index >= 15 is 0 Å². The van der Waals surface area contributed by atoms with Crippen LogP contribution in [0.2, 0.25) is 0 Å². The average Bonchev–Trinajstić information content (AvgIpc) is 3.26. The maximum Gasteiger partial charge on any atom is 0.261 e. The molecule has 166 valence electrons. The summed E-state index contributed by atoms with van der Waals surface area (Å²) < 4.78 is 5.78. The first-order valence-electron chi connectivity index (χ1n) is 11.3. The molecule has 2 aromatic carbocycles. The van der Waals surface area contributed by atoms with Gasteiger partial charge in [-0.05, 0) is 61.9 Å². The summed E-state index contributed by atoms with van der Waals surface area (Å²) in [5.74, 6) is 0.415. The van der Waals surface area contributed by atoms with Crippen LogP contribution in [0.4, 0.5) is 0 Å². The number of nitrogens with zero attached hydrogens (tertiary/aromatic N) is 1. The molecule has 0 saturated heterocycles. The monoisotopic (exact) mass is 422 g/mol. The molecule has 0 aliphatic heterocycles. The van der Waals surface area contributed by atoms with Gasteiger partial charge in [-0.1, -0.05) is 56.2 Å². The lowest BCUT2D eigenvalue weighted by molar-refractivity contribution is -0.143. The molecule has 1 aliphatic carbocycles. The highest BCUT2D eigenvalue weighted by atomic mass is 16.5. The third-order valence-electron chi connectivity index (χ3n) is 6.04. The normalized spacial score (nSPS) is 14.8. The SMILES string of the molecule is CCC(C(=O)NC1CCCC1)N(Cc1ccccc1C)C(=O)COc1cccc(C)c1. The quantitative estimate of drug-likeness (QED) is 0.645. The number of aryl methyl sites for hydroxylation is 2. The molecule has 0 radical (unpaired) electrons. The van der Waals surface area contributed by atoms with Crippen LogP contribution in [0.3, 0.4) is 0 Å². The highest BCUT2D eigenvalue weighted by Crippen LogP contribution is 2.20. The van der Waals surface area contributed by atoms with Gasteiger partial charge in [0.2, 0.25) is 5.91 Å². The van der Waals surface area contributed by atoms with Gasteiger partial charge in [0.1, 0.15) is 11.8 Å². The van der Waals surface area contributed by atoms with E-state index in [4.69, 9.17) is 4.74 Å². The van der Waals surface area contributed by atoms with Gasteiger partial charge in [0.15, 0.2) is 6.61 Å². The molecule has 3 rings (SSSR count). The molecule has 31 heavy (non-hydrogen) atoms. The first-order valence-corrected chi connectivity index (χ1v) is 11.3. The van der Waals surface area contributed by atoms with Gasteiger partial charge < -0.3 is 15.0 Å². The van der Waals surface area contributed by atoms with Crippen LogP contribution in [0.1, 0.15) is 55.7 Å². The largest absolute Gasteiger partial charge is 0.484 e. The third-order valence-corrected chi connectivity index (χ3v) is 6.04. The minimum absolute atomic E-state index is 0.0631. The van der Waals surface area contributed by atoms with E-state index in [1.807, 2.05) is 69.3 Å². The van der Waals surface area contributed by atoms with Crippen LogP contribution >= 0.6 is 0 Å². The number of benzene rings is 2. The predicted molar refractivity (Wildman–Crippen MR) is 123 cm³/mol. The van der Waals surface area contributed by atoms with Crippen molar-refractivity contribution in [3.63, 3.8) is 0 Å². The van der Waals surface area contributed by atoms with E-state index in [1.54, 1.807) is 4.90 Å². The second kappa shape index (κ2) is 11.0. The summed E-state index contributed by atoms with van der Waals surface area (Å²) in [5, 5.41) is 3.17. The maximum absolute atomic E-state index is 13.3. The molecule has 5 nitrogen and oxygen atoms in total. The first-order chi connectivity index (χ1) is 15.0. The molecule has 1 aliphatic rings. The zero-order chi connectivity index (χ0) is 22.2. The van der Waals surface area contributed by atoms with Crippen LogP contribution < -0.4 is 10.1 Å². The van der Waals surface area contributed by atoms with E-state index < -0.39 is 6.04 Å². The van der Waals surface area contributed by atoms with Crippen molar-refractivity contribution in [3.05, 3.63) is 65.2 Å². The molecule has 0 spiro atoms. The van der Waals surface area contributed by atoms with Gasteiger partial charge in [-0.15, -0.1) is 0 Å². The van der Waals surface area contributed by atoms with Gasteiger partial charge in [0, 0.05) is 12.6 Å². The van der Waals surface area contributed by atoms with Gasteiger partial charge in [-0.2, -0.15) is 0 Å². The highest BCUT2D eigenvalue weighted by molar-refractivity contribution is 5.88. The summed E-state index contributed by atoms with van der Waals surface area (Å²) in [6.45, 7) is 6.26. The Morgan fingerprint density at radius 1 is 1.10 bits per heavy atom. The minimum Gasteiger partial charge on any atom is -0.484 e. The third kappa shape index (κ3) is 6.33. The molecule has 0 heterocycles. The summed E-state index contributed by atoms with van der Waals surface area (Å²) >= 11 is 0. The van der Waals surface area contributed by atoms with Crippen molar-refractivity contribution in [1.82, 2.24) is 10.2 Å². The van der Waals surface area contributed by atoms with Crippen molar-refractivity contribution in [2.45, 2.75) is 71.5 Å². The average molecular weight is 423 g/mol. The molecule has 5 heteroatoms. The number of rotatable bonds is 9. The Morgan fingerprint density at radius 3 is 2.52 bits per heavy atom. The summed E-state index contributed by atoms with van der Waals surface area (Å²) in [7, 11) is 0. The fraction of sp³-hybridized carbons (Fsp3) is 0.462. The van der Waals surface area contributed by atoms with Crippen molar-refractivity contribution in [1.29, 1.82) is 0 Å². The van der Waals surface area contributed by atoms with Crippen molar-refractivity contribution in [2.24, 2.45) is 0 Å². The Bertz CT molecular complexity index is 890. The number of carbonyl (C=O) groups excluding carboxylic acids is 2. The van der Waals surface area contributed by atoms with E-state index in [0.29, 0.717) is 18.7 Å². The van der Waals surface area contributed by atoms with Crippen LogP contribution in [0.25, 0.3) is 0 Å². The summed E-state index contributed by atoms with van der Waals surface area (Å²) in [4.78, 5) is 28.1. The van der Waals surface area contributed by atoms with Crippen molar-refractivity contribution in [3.8, 4) is 5.75 Å². The lowest BCUT2D eigenvalue weighted by Crippen LogP contribution is -2.52. The van der Waals surface area contributed by atoms with E-state index in [2.05, 4.69) is 5.32 Å². The Morgan fingerprint density at radius 2 is 1.84 bits per heavy atom. The van der Waals surface area contributed by atoms with Crippen LogP contribution in [-0.2, 0) is 16.1 Å². The summed E-state index contributed by atoms with van der Waals surface area (Å²) in [5.41, 5.74) is 3.22. The molecule has 1 N–H and O–H groups in total. The molecular formula is C26H34N2O3. The first kappa shape index (κ1) is 22.9. The van der Waals surface area contributed by atoms with Crippen LogP contribution in [0.15, 0.2) is 48.5 Å². The number of ether oxygens (including phenoxy) is 1. The van der Waals surface area contributed by atoms with E-state index in [-0.39, 0.29) is 24.5 Å². The van der Waals surface area contributed by atoms with Crippen molar-refractivity contribution >= 4 is 11.8 Å². The molecule has 0 aromatic heterocycles. The summed E-state index contributed by atoms with van der Waals surface area (Å²) in [6, 6.07) is 15.3. The molecule has 1 atom stereocenters. The lowest BCUT2D eigenvalue weighted by atomic mass is 10.1. The van der Waals surface area contributed by atoms with Gasteiger partial charge in [-0.25, -0.2) is 0 Å². The predicted octanol–water partition coefficient (Wildman–Crippen LogP) is 4.55. The Balaban J connectivity index is 1.77. The molecule has 1 fully saturated rings. The van der Waals surface area contributed by atoms with Crippen molar-refractivity contribution < 1.29 is 14.3 Å². The van der Waals surface area contributed by atoms with E-state index in [1.165, 1.54) is 0 Å². The fourth-order valence-electron chi connectivity index (χ4n) is 4.19.